The Morgan fingerprint density at radius 3 is 2.64 bits per heavy atom. The fourth-order valence-corrected chi connectivity index (χ4v) is 3.73. The number of fused-ring (bicyclic) bond motifs is 1. The van der Waals surface area contributed by atoms with Gasteiger partial charge >= 0.3 is 0 Å². The predicted octanol–water partition coefficient (Wildman–Crippen LogP) is 3.16. The molecule has 2 aliphatic rings. The lowest BCUT2D eigenvalue weighted by atomic mass is 9.99. The summed E-state index contributed by atoms with van der Waals surface area (Å²) in [6.07, 6.45) is 2.12. The minimum atomic E-state index is -0.358. The number of hydrogen-bond acceptors (Lipinski definition) is 2. The van der Waals surface area contributed by atoms with Crippen LogP contribution in [0.15, 0.2) is 48.5 Å². The lowest BCUT2D eigenvalue weighted by Gasteiger charge is -2.31. The third-order valence-electron chi connectivity index (χ3n) is 4.99. The molecule has 2 heterocycles. The van der Waals surface area contributed by atoms with Gasteiger partial charge in [-0.25, -0.2) is 4.39 Å². The zero-order chi connectivity index (χ0) is 17.4. The molecule has 4 rings (SSSR count). The van der Waals surface area contributed by atoms with Crippen molar-refractivity contribution in [1.82, 2.24) is 0 Å². The molecule has 0 spiro atoms. The highest BCUT2D eigenvalue weighted by atomic mass is 19.1. The average molecular weight is 338 g/mol. The zero-order valence-corrected chi connectivity index (χ0v) is 13.8. The normalized spacial score (nSPS) is 19.9. The van der Waals surface area contributed by atoms with Crippen LogP contribution in [-0.2, 0) is 16.0 Å². The van der Waals surface area contributed by atoms with Crippen LogP contribution < -0.4 is 9.80 Å². The minimum absolute atomic E-state index is 0.00473. The fourth-order valence-electron chi connectivity index (χ4n) is 3.73. The number of nitrogens with zero attached hydrogens (tertiary/aromatic N) is 2. The molecule has 128 valence electrons. The van der Waals surface area contributed by atoms with E-state index in [0.717, 1.165) is 18.5 Å². The molecular formula is C20H19FN2O2. The van der Waals surface area contributed by atoms with Gasteiger partial charge in [0.2, 0.25) is 11.8 Å². The molecule has 2 aromatic rings. The van der Waals surface area contributed by atoms with Crippen LogP contribution >= 0.6 is 0 Å². The van der Waals surface area contributed by atoms with Crippen LogP contribution in [-0.4, -0.2) is 24.9 Å². The molecular weight excluding hydrogens is 319 g/mol. The Hall–Kier alpha value is -2.69. The van der Waals surface area contributed by atoms with Crippen molar-refractivity contribution < 1.29 is 14.0 Å². The lowest BCUT2D eigenvalue weighted by molar-refractivity contribution is -0.124. The smallest absolute Gasteiger partial charge is 0.232 e. The van der Waals surface area contributed by atoms with E-state index in [9.17, 15) is 14.0 Å². The van der Waals surface area contributed by atoms with Gasteiger partial charge in [0, 0.05) is 30.9 Å². The largest absolute Gasteiger partial charge is 0.312 e. The number of rotatable bonds is 2. The van der Waals surface area contributed by atoms with Gasteiger partial charge in [-0.05, 0) is 48.7 Å². The molecule has 0 aliphatic carbocycles. The summed E-state index contributed by atoms with van der Waals surface area (Å²) in [7, 11) is 0. The maximum Gasteiger partial charge on any atom is 0.232 e. The van der Waals surface area contributed by atoms with E-state index >= 15 is 0 Å². The second kappa shape index (κ2) is 6.31. The predicted molar refractivity (Wildman–Crippen MR) is 94.0 cm³/mol. The van der Waals surface area contributed by atoms with Gasteiger partial charge in [0.15, 0.2) is 0 Å². The maximum absolute atomic E-state index is 13.1. The maximum atomic E-state index is 13.1. The topological polar surface area (TPSA) is 40.6 Å². The monoisotopic (exact) mass is 338 g/mol. The Kier molecular flexibility index (Phi) is 3.99. The van der Waals surface area contributed by atoms with Gasteiger partial charge in [0.1, 0.15) is 5.82 Å². The van der Waals surface area contributed by atoms with E-state index in [2.05, 4.69) is 6.07 Å². The molecule has 2 aromatic carbocycles. The molecule has 25 heavy (non-hydrogen) atoms. The zero-order valence-electron chi connectivity index (χ0n) is 13.8. The summed E-state index contributed by atoms with van der Waals surface area (Å²) in [4.78, 5) is 28.8. The van der Waals surface area contributed by atoms with Crippen molar-refractivity contribution in [3.63, 3.8) is 0 Å². The van der Waals surface area contributed by atoms with E-state index in [1.54, 1.807) is 17.0 Å². The summed E-state index contributed by atoms with van der Waals surface area (Å²) in [5, 5.41) is 0. The first kappa shape index (κ1) is 15.8. The van der Waals surface area contributed by atoms with E-state index in [-0.39, 0.29) is 30.0 Å². The summed E-state index contributed by atoms with van der Waals surface area (Å²) < 4.78 is 13.1. The van der Waals surface area contributed by atoms with E-state index in [0.29, 0.717) is 18.8 Å². The molecule has 0 saturated carbocycles. The Morgan fingerprint density at radius 2 is 1.84 bits per heavy atom. The molecule has 2 amide bonds. The lowest BCUT2D eigenvalue weighted by Crippen LogP contribution is -2.40. The van der Waals surface area contributed by atoms with Crippen LogP contribution in [0.3, 0.4) is 0 Å². The highest BCUT2D eigenvalue weighted by Crippen LogP contribution is 2.31. The van der Waals surface area contributed by atoms with E-state index < -0.39 is 0 Å². The number of carbonyl (C=O) groups is 2. The quantitative estimate of drug-likeness (QED) is 0.844. The number of anilines is 2. The first-order valence-corrected chi connectivity index (χ1v) is 8.59. The highest BCUT2D eigenvalue weighted by molar-refractivity contribution is 6.04. The Labute approximate surface area is 145 Å². The van der Waals surface area contributed by atoms with Gasteiger partial charge in [-0.1, -0.05) is 18.2 Å². The van der Waals surface area contributed by atoms with Gasteiger partial charge in [0.25, 0.3) is 0 Å². The second-order valence-corrected chi connectivity index (χ2v) is 6.60. The van der Waals surface area contributed by atoms with Crippen molar-refractivity contribution in [3.8, 4) is 0 Å². The molecule has 0 aromatic heterocycles. The summed E-state index contributed by atoms with van der Waals surface area (Å²) >= 11 is 0. The van der Waals surface area contributed by atoms with Crippen LogP contribution in [0, 0.1) is 11.7 Å². The molecule has 0 N–H and O–H groups in total. The van der Waals surface area contributed by atoms with Crippen molar-refractivity contribution in [2.24, 2.45) is 5.92 Å². The molecule has 1 atom stereocenters. The number of benzene rings is 2. The third kappa shape index (κ3) is 2.90. The fraction of sp³-hybridized carbons (Fsp3) is 0.300. The van der Waals surface area contributed by atoms with Crippen molar-refractivity contribution in [2.45, 2.75) is 19.3 Å². The number of carbonyl (C=O) groups excluding carboxylic acids is 2. The molecule has 2 aliphatic heterocycles. The Balaban J connectivity index is 1.54. The van der Waals surface area contributed by atoms with Crippen LogP contribution in [0.2, 0.25) is 0 Å². The summed E-state index contributed by atoms with van der Waals surface area (Å²) in [6.45, 7) is 1.04. The van der Waals surface area contributed by atoms with Crippen LogP contribution in [0.4, 0.5) is 15.8 Å². The van der Waals surface area contributed by atoms with Gasteiger partial charge in [-0.15, -0.1) is 0 Å². The first-order chi connectivity index (χ1) is 12.1. The van der Waals surface area contributed by atoms with Crippen molar-refractivity contribution in [1.29, 1.82) is 0 Å². The van der Waals surface area contributed by atoms with Gasteiger partial charge in [-0.3, -0.25) is 9.59 Å². The van der Waals surface area contributed by atoms with Crippen molar-refractivity contribution >= 4 is 23.2 Å². The minimum Gasteiger partial charge on any atom is -0.312 e. The van der Waals surface area contributed by atoms with Crippen molar-refractivity contribution in [3.05, 3.63) is 59.9 Å². The molecule has 5 heteroatoms. The highest BCUT2D eigenvalue weighted by Gasteiger charge is 2.38. The Morgan fingerprint density at radius 1 is 1.08 bits per heavy atom. The molecule has 0 radical (unpaired) electrons. The molecule has 0 bridgehead atoms. The van der Waals surface area contributed by atoms with Crippen LogP contribution in [0.25, 0.3) is 0 Å². The molecule has 1 saturated heterocycles. The number of hydrogen-bond donors (Lipinski definition) is 0. The van der Waals surface area contributed by atoms with Crippen LogP contribution in [0.5, 0.6) is 0 Å². The molecule has 1 fully saturated rings. The van der Waals surface area contributed by atoms with E-state index in [4.69, 9.17) is 0 Å². The number of aryl methyl sites for hydroxylation is 1. The van der Waals surface area contributed by atoms with Crippen molar-refractivity contribution in [2.75, 3.05) is 22.9 Å². The van der Waals surface area contributed by atoms with Crippen LogP contribution in [0.1, 0.15) is 18.4 Å². The first-order valence-electron chi connectivity index (χ1n) is 8.59. The third-order valence-corrected chi connectivity index (χ3v) is 4.99. The average Bonchev–Trinajstić information content (AvgIpc) is 3.03. The van der Waals surface area contributed by atoms with E-state index in [1.165, 1.54) is 17.7 Å². The van der Waals surface area contributed by atoms with Gasteiger partial charge in [0.05, 0.1) is 5.92 Å². The standard InChI is InChI=1S/C20H19FN2O2/c21-16-7-9-17(10-8-16)23-13-15(12-19(23)24)20(25)22-11-3-5-14-4-1-2-6-18(14)22/h1-2,4,6-10,15H,3,5,11-13H2/t15-/m0/s1. The van der Waals surface area contributed by atoms with Gasteiger partial charge in [-0.2, -0.15) is 0 Å². The van der Waals surface area contributed by atoms with E-state index in [1.807, 2.05) is 23.1 Å². The summed E-state index contributed by atoms with van der Waals surface area (Å²) in [6, 6.07) is 13.8. The molecule has 0 unspecified atom stereocenters. The summed E-state index contributed by atoms with van der Waals surface area (Å²) in [5.41, 5.74) is 2.79. The second-order valence-electron chi connectivity index (χ2n) is 6.60. The van der Waals surface area contributed by atoms with Gasteiger partial charge < -0.3 is 9.80 Å². The Bertz CT molecular complexity index is 819. The molecule has 4 nitrogen and oxygen atoms in total. The number of amides is 2. The number of para-hydroxylation sites is 1. The SMILES string of the molecule is O=C1C[C@H](C(=O)N2CCCc3ccccc32)CN1c1ccc(F)cc1. The summed E-state index contributed by atoms with van der Waals surface area (Å²) in [5.74, 6) is -0.781. The number of halogens is 1.